The van der Waals surface area contributed by atoms with Crippen molar-refractivity contribution in [1.29, 1.82) is 0 Å². The molecular weight excluding hydrogens is 192 g/mol. The third-order valence-corrected chi connectivity index (χ3v) is 2.39. The minimum absolute atomic E-state index is 0.0459. The van der Waals surface area contributed by atoms with Gasteiger partial charge in [-0.1, -0.05) is 0 Å². The molecule has 0 spiro atoms. The average molecular weight is 201 g/mol. The van der Waals surface area contributed by atoms with Crippen LogP contribution in [0.1, 0.15) is 6.42 Å². The van der Waals surface area contributed by atoms with Crippen molar-refractivity contribution >= 4 is 27.4 Å². The van der Waals surface area contributed by atoms with E-state index in [-0.39, 0.29) is 12.2 Å². The first-order chi connectivity index (χ1) is 4.83. The average Bonchev–Trinajstić information content (AvgIpc) is 1.80. The molecule has 0 aromatic rings. The number of aliphatic carboxylic acids is 1. The highest BCUT2D eigenvalue weighted by Crippen LogP contribution is 2.03. The summed E-state index contributed by atoms with van der Waals surface area (Å²) in [4.78, 5) is 10.1. The monoisotopic (exact) mass is 200 g/mol. The van der Waals surface area contributed by atoms with Crippen LogP contribution in [-0.4, -0.2) is 36.9 Å². The lowest BCUT2D eigenvalue weighted by Gasteiger charge is -2.00. The summed E-state index contributed by atoms with van der Waals surface area (Å²) in [5.74, 6) is -1.37. The molecule has 0 bridgehead atoms. The van der Waals surface area contributed by atoms with Gasteiger partial charge in [0, 0.05) is 6.26 Å². The number of hydrogen-bond acceptors (Lipinski definition) is 3. The van der Waals surface area contributed by atoms with Crippen LogP contribution in [0.25, 0.3) is 0 Å². The third-order valence-electron chi connectivity index (χ3n) is 1.01. The zero-order valence-corrected chi connectivity index (χ0v) is 7.52. The number of alkyl halides is 1. The minimum atomic E-state index is -3.10. The van der Waals surface area contributed by atoms with Gasteiger partial charge in [0.25, 0.3) is 0 Å². The van der Waals surface area contributed by atoms with E-state index in [4.69, 9.17) is 16.7 Å². The number of carboxylic acid groups (broad SMARTS) is 1. The van der Waals surface area contributed by atoms with Crippen LogP contribution in [0.5, 0.6) is 0 Å². The molecule has 11 heavy (non-hydrogen) atoms. The summed E-state index contributed by atoms with van der Waals surface area (Å²) < 4.78 is 21.0. The summed E-state index contributed by atoms with van der Waals surface area (Å²) in [5.41, 5.74) is 0. The maximum absolute atomic E-state index is 10.5. The molecule has 1 N–H and O–H groups in total. The molecule has 0 saturated heterocycles. The Kier molecular flexibility index (Phi) is 3.82. The second kappa shape index (κ2) is 3.92. The predicted octanol–water partition coefficient (Wildman–Crippen LogP) is 0.113. The molecule has 0 rings (SSSR count). The van der Waals surface area contributed by atoms with Crippen molar-refractivity contribution in [2.75, 3.05) is 12.0 Å². The Bertz CT molecular complexity index is 233. The first kappa shape index (κ1) is 10.7. The van der Waals surface area contributed by atoms with Crippen LogP contribution in [0.3, 0.4) is 0 Å². The van der Waals surface area contributed by atoms with Crippen molar-refractivity contribution in [3.8, 4) is 0 Å². The molecule has 0 aliphatic carbocycles. The quantitative estimate of drug-likeness (QED) is 0.654. The Morgan fingerprint density at radius 3 is 2.36 bits per heavy atom. The van der Waals surface area contributed by atoms with Gasteiger partial charge in [-0.05, 0) is 6.42 Å². The van der Waals surface area contributed by atoms with E-state index in [0.717, 1.165) is 6.26 Å². The van der Waals surface area contributed by atoms with E-state index in [0.29, 0.717) is 0 Å². The van der Waals surface area contributed by atoms with Crippen LogP contribution in [-0.2, 0) is 14.6 Å². The molecule has 0 aromatic heterocycles. The van der Waals surface area contributed by atoms with Gasteiger partial charge in [0.1, 0.15) is 15.2 Å². The molecule has 0 aliphatic heterocycles. The first-order valence-electron chi connectivity index (χ1n) is 2.87. The second-order valence-electron chi connectivity index (χ2n) is 2.22. The van der Waals surface area contributed by atoms with Crippen molar-refractivity contribution in [1.82, 2.24) is 0 Å². The summed E-state index contributed by atoms with van der Waals surface area (Å²) in [7, 11) is -3.10. The molecule has 0 radical (unpaired) electrons. The molecule has 66 valence electrons. The van der Waals surface area contributed by atoms with Crippen molar-refractivity contribution in [3.63, 3.8) is 0 Å². The summed E-state index contributed by atoms with van der Waals surface area (Å²) >= 11 is 5.26. The van der Waals surface area contributed by atoms with Gasteiger partial charge in [-0.15, -0.1) is 11.6 Å². The number of carboxylic acids is 1. The van der Waals surface area contributed by atoms with Gasteiger partial charge in [-0.3, -0.25) is 4.79 Å². The molecule has 1 atom stereocenters. The van der Waals surface area contributed by atoms with Crippen LogP contribution in [0.15, 0.2) is 0 Å². The normalized spacial score (nSPS) is 14.4. The highest BCUT2D eigenvalue weighted by molar-refractivity contribution is 7.90. The van der Waals surface area contributed by atoms with E-state index in [2.05, 4.69) is 0 Å². The number of sulfone groups is 1. The van der Waals surface area contributed by atoms with Crippen molar-refractivity contribution in [2.45, 2.75) is 11.8 Å². The van der Waals surface area contributed by atoms with Gasteiger partial charge < -0.3 is 5.11 Å². The number of halogens is 1. The van der Waals surface area contributed by atoms with E-state index in [9.17, 15) is 13.2 Å². The SMILES string of the molecule is CS(=O)(=O)CCC(Cl)C(=O)O. The standard InChI is InChI=1S/C5H9ClO4S/c1-11(9,10)3-2-4(6)5(7)8/h4H,2-3H2,1H3,(H,7,8). The fourth-order valence-electron chi connectivity index (χ4n) is 0.441. The van der Waals surface area contributed by atoms with Gasteiger partial charge in [-0.2, -0.15) is 0 Å². The fourth-order valence-corrected chi connectivity index (χ4v) is 1.34. The molecule has 0 saturated carbocycles. The van der Waals surface area contributed by atoms with Crippen LogP contribution < -0.4 is 0 Å². The zero-order chi connectivity index (χ0) is 9.07. The van der Waals surface area contributed by atoms with Gasteiger partial charge >= 0.3 is 5.97 Å². The maximum atomic E-state index is 10.5. The predicted molar refractivity (Wildman–Crippen MR) is 41.6 cm³/mol. The van der Waals surface area contributed by atoms with Crippen molar-refractivity contribution in [3.05, 3.63) is 0 Å². The topological polar surface area (TPSA) is 71.4 Å². The summed E-state index contributed by atoms with van der Waals surface area (Å²) in [5, 5.41) is 7.15. The number of rotatable bonds is 4. The molecule has 0 fully saturated rings. The summed E-state index contributed by atoms with van der Waals surface area (Å²) in [6.45, 7) is 0. The highest BCUT2D eigenvalue weighted by atomic mass is 35.5. The van der Waals surface area contributed by atoms with Crippen molar-refractivity contribution in [2.24, 2.45) is 0 Å². The molecule has 0 aromatic carbocycles. The number of hydrogen-bond donors (Lipinski definition) is 1. The summed E-state index contributed by atoms with van der Waals surface area (Å²) in [6, 6.07) is 0. The molecular formula is C5H9ClO4S. The van der Waals surface area contributed by atoms with Gasteiger partial charge in [0.05, 0.1) is 5.75 Å². The van der Waals surface area contributed by atoms with E-state index >= 15 is 0 Å². The fraction of sp³-hybridized carbons (Fsp3) is 0.800. The van der Waals surface area contributed by atoms with E-state index in [1.807, 2.05) is 0 Å². The molecule has 6 heteroatoms. The van der Waals surface area contributed by atoms with Gasteiger partial charge in [0.15, 0.2) is 0 Å². The molecule has 0 heterocycles. The summed E-state index contributed by atoms with van der Waals surface area (Å²) in [6.07, 6.45) is 0.994. The Morgan fingerprint density at radius 2 is 2.09 bits per heavy atom. The van der Waals surface area contributed by atoms with Crippen LogP contribution >= 0.6 is 11.6 Å². The lowest BCUT2D eigenvalue weighted by atomic mass is 10.3. The van der Waals surface area contributed by atoms with E-state index in [1.165, 1.54) is 0 Å². The lowest BCUT2D eigenvalue weighted by Crippen LogP contribution is -2.17. The van der Waals surface area contributed by atoms with Gasteiger partial charge in [0.2, 0.25) is 0 Å². The molecule has 1 unspecified atom stereocenters. The van der Waals surface area contributed by atoms with Crippen LogP contribution in [0.4, 0.5) is 0 Å². The second-order valence-corrected chi connectivity index (χ2v) is 5.01. The van der Waals surface area contributed by atoms with Gasteiger partial charge in [-0.25, -0.2) is 8.42 Å². The molecule has 0 amide bonds. The largest absolute Gasteiger partial charge is 0.480 e. The van der Waals surface area contributed by atoms with E-state index < -0.39 is 21.2 Å². The highest BCUT2D eigenvalue weighted by Gasteiger charge is 2.15. The number of carbonyl (C=O) groups is 1. The Balaban J connectivity index is 3.82. The maximum Gasteiger partial charge on any atom is 0.321 e. The Hall–Kier alpha value is -0.290. The molecule has 0 aliphatic rings. The third kappa shape index (κ3) is 6.12. The van der Waals surface area contributed by atoms with E-state index in [1.54, 1.807) is 0 Å². The van der Waals surface area contributed by atoms with Crippen molar-refractivity contribution < 1.29 is 18.3 Å². The molecule has 4 nitrogen and oxygen atoms in total. The Morgan fingerprint density at radius 1 is 1.64 bits per heavy atom. The van der Waals surface area contributed by atoms with Crippen LogP contribution in [0.2, 0.25) is 0 Å². The van der Waals surface area contributed by atoms with Crippen LogP contribution in [0, 0.1) is 0 Å². The zero-order valence-electron chi connectivity index (χ0n) is 5.95. The lowest BCUT2D eigenvalue weighted by molar-refractivity contribution is -0.136. The first-order valence-corrected chi connectivity index (χ1v) is 5.37. The smallest absolute Gasteiger partial charge is 0.321 e. The minimum Gasteiger partial charge on any atom is -0.480 e. The Labute approximate surface area is 70.1 Å².